The highest BCUT2D eigenvalue weighted by Gasteiger charge is 2.12. The Morgan fingerprint density at radius 2 is 1.45 bits per heavy atom. The van der Waals surface area contributed by atoms with Crippen LogP contribution in [-0.4, -0.2) is 29.5 Å². The Balaban J connectivity index is 1.32. The maximum Gasteiger partial charge on any atom is 0.255 e. The molecule has 0 spiro atoms. The van der Waals surface area contributed by atoms with Crippen molar-refractivity contribution in [3.8, 4) is 0 Å². The molecule has 2 N–H and O–H groups in total. The molecular weight excluding hydrogens is 416 g/mol. The van der Waals surface area contributed by atoms with Crippen LogP contribution in [0.25, 0.3) is 0 Å². The molecule has 1 aromatic heterocycles. The van der Waals surface area contributed by atoms with Crippen LogP contribution in [-0.2, 0) is 11.3 Å². The van der Waals surface area contributed by atoms with E-state index in [4.69, 9.17) is 0 Å². The number of hydrogen-bond acceptors (Lipinski definition) is 4. The van der Waals surface area contributed by atoms with Crippen LogP contribution < -0.4 is 21.1 Å². The summed E-state index contributed by atoms with van der Waals surface area (Å²) in [7, 11) is 0. The number of carbonyl (C=O) groups is 2. The normalized spacial score (nSPS) is 13.4. The molecule has 2 aromatic carbocycles. The Kier molecular flexibility index (Phi) is 6.88. The molecule has 0 atom stereocenters. The van der Waals surface area contributed by atoms with Gasteiger partial charge in [-0.1, -0.05) is 6.07 Å². The van der Waals surface area contributed by atoms with E-state index in [1.165, 1.54) is 35.6 Å². The summed E-state index contributed by atoms with van der Waals surface area (Å²) in [5.74, 6) is -0.529. The molecule has 0 saturated carbocycles. The fraction of sp³-hybridized carbons (Fsp3) is 0.269. The van der Waals surface area contributed by atoms with Gasteiger partial charge >= 0.3 is 0 Å². The first-order chi connectivity index (χ1) is 16.0. The quantitative estimate of drug-likeness (QED) is 0.601. The highest BCUT2D eigenvalue weighted by Crippen LogP contribution is 2.22. The van der Waals surface area contributed by atoms with E-state index in [2.05, 4.69) is 15.5 Å². The van der Waals surface area contributed by atoms with Crippen molar-refractivity contribution in [3.63, 3.8) is 0 Å². The van der Waals surface area contributed by atoms with Crippen molar-refractivity contribution in [1.29, 1.82) is 0 Å². The molecule has 1 fully saturated rings. The van der Waals surface area contributed by atoms with Gasteiger partial charge in [-0.3, -0.25) is 14.4 Å². The molecule has 7 heteroatoms. The van der Waals surface area contributed by atoms with Gasteiger partial charge in [-0.15, -0.1) is 0 Å². The maximum atomic E-state index is 12.6. The Hall–Kier alpha value is -3.87. The minimum atomic E-state index is -0.311. The van der Waals surface area contributed by atoms with Crippen molar-refractivity contribution in [3.05, 3.63) is 88.3 Å². The van der Waals surface area contributed by atoms with Gasteiger partial charge in [-0.05, 0) is 80.3 Å². The molecule has 0 unspecified atom stereocenters. The largest absolute Gasteiger partial charge is 0.372 e. The summed E-state index contributed by atoms with van der Waals surface area (Å²) in [5.41, 5.74) is 3.64. The SMILES string of the molecule is Cc1ccc(=O)n(CC(=O)Nc2ccc(C(=O)Nc3ccc(N4CCCCC4)cc3)cc2)c1. The number of aromatic nitrogens is 1. The molecule has 7 nitrogen and oxygen atoms in total. The molecule has 4 rings (SSSR count). The molecule has 2 heterocycles. The number of nitrogens with zero attached hydrogens (tertiary/aromatic N) is 2. The second kappa shape index (κ2) is 10.2. The lowest BCUT2D eigenvalue weighted by Crippen LogP contribution is -2.29. The van der Waals surface area contributed by atoms with Crippen LogP contribution in [0.15, 0.2) is 71.7 Å². The van der Waals surface area contributed by atoms with Crippen molar-refractivity contribution in [2.75, 3.05) is 28.6 Å². The number of aryl methyl sites for hydroxylation is 1. The zero-order chi connectivity index (χ0) is 23.2. The number of carbonyl (C=O) groups excluding carboxylic acids is 2. The summed E-state index contributed by atoms with van der Waals surface area (Å²) < 4.78 is 1.36. The predicted molar refractivity (Wildman–Crippen MR) is 131 cm³/mol. The number of pyridine rings is 1. The first-order valence-electron chi connectivity index (χ1n) is 11.2. The molecule has 170 valence electrons. The number of rotatable bonds is 6. The zero-order valence-electron chi connectivity index (χ0n) is 18.7. The number of amides is 2. The van der Waals surface area contributed by atoms with Crippen LogP contribution in [0.4, 0.5) is 17.1 Å². The Morgan fingerprint density at radius 1 is 0.818 bits per heavy atom. The molecule has 3 aromatic rings. The summed E-state index contributed by atoms with van der Waals surface area (Å²) in [4.78, 5) is 39.1. The van der Waals surface area contributed by atoms with Crippen molar-refractivity contribution >= 4 is 28.9 Å². The summed E-state index contributed by atoms with van der Waals surface area (Å²) >= 11 is 0. The number of hydrogen-bond donors (Lipinski definition) is 2. The van der Waals surface area contributed by atoms with Gasteiger partial charge in [-0.2, -0.15) is 0 Å². The minimum Gasteiger partial charge on any atom is -0.372 e. The van der Waals surface area contributed by atoms with Crippen LogP contribution in [0.1, 0.15) is 35.2 Å². The Morgan fingerprint density at radius 3 is 2.15 bits per heavy atom. The highest BCUT2D eigenvalue weighted by molar-refractivity contribution is 6.04. The van der Waals surface area contributed by atoms with Crippen LogP contribution in [0.2, 0.25) is 0 Å². The number of anilines is 3. The van der Waals surface area contributed by atoms with Gasteiger partial charge in [-0.25, -0.2) is 0 Å². The van der Waals surface area contributed by atoms with E-state index in [0.717, 1.165) is 24.3 Å². The molecular formula is C26H28N4O3. The third-order valence-corrected chi connectivity index (χ3v) is 5.72. The Bertz CT molecular complexity index is 1180. The summed E-state index contributed by atoms with van der Waals surface area (Å²) in [6.07, 6.45) is 5.38. The van der Waals surface area contributed by atoms with E-state index in [1.807, 2.05) is 31.2 Å². The smallest absolute Gasteiger partial charge is 0.255 e. The average molecular weight is 445 g/mol. The molecule has 0 bridgehead atoms. The average Bonchev–Trinajstić information content (AvgIpc) is 2.83. The fourth-order valence-electron chi connectivity index (χ4n) is 3.95. The van der Waals surface area contributed by atoms with Crippen molar-refractivity contribution in [1.82, 2.24) is 4.57 Å². The molecule has 2 amide bonds. The zero-order valence-corrected chi connectivity index (χ0v) is 18.7. The van der Waals surface area contributed by atoms with E-state index in [-0.39, 0.29) is 23.9 Å². The standard InChI is InChI=1S/C26H28N4O3/c1-19-5-14-25(32)30(17-19)18-24(31)27-21-8-6-20(7-9-21)26(33)28-22-10-12-23(13-11-22)29-15-3-2-4-16-29/h5-14,17H,2-4,15-16,18H2,1H3,(H,27,31)(H,28,33). The lowest BCUT2D eigenvalue weighted by atomic mass is 10.1. The van der Waals surface area contributed by atoms with Gasteiger partial charge in [0.25, 0.3) is 11.5 Å². The van der Waals surface area contributed by atoms with Gasteiger partial charge < -0.3 is 20.1 Å². The summed E-state index contributed by atoms with van der Waals surface area (Å²) in [6.45, 7) is 3.95. The first-order valence-corrected chi connectivity index (χ1v) is 11.2. The molecule has 0 radical (unpaired) electrons. The van der Waals surface area contributed by atoms with E-state index in [1.54, 1.807) is 36.5 Å². The lowest BCUT2D eigenvalue weighted by molar-refractivity contribution is -0.116. The van der Waals surface area contributed by atoms with Crippen LogP contribution >= 0.6 is 0 Å². The second-order valence-electron chi connectivity index (χ2n) is 8.35. The molecule has 33 heavy (non-hydrogen) atoms. The van der Waals surface area contributed by atoms with Gasteiger partial charge in [0.05, 0.1) is 0 Å². The molecule has 0 aliphatic carbocycles. The number of piperidine rings is 1. The minimum absolute atomic E-state index is 0.0732. The van der Waals surface area contributed by atoms with E-state index >= 15 is 0 Å². The fourth-order valence-corrected chi connectivity index (χ4v) is 3.95. The molecule has 1 aliphatic rings. The van der Waals surface area contributed by atoms with Gasteiger partial charge in [0.2, 0.25) is 5.91 Å². The van der Waals surface area contributed by atoms with Crippen molar-refractivity contribution in [2.45, 2.75) is 32.7 Å². The van der Waals surface area contributed by atoms with Crippen molar-refractivity contribution in [2.24, 2.45) is 0 Å². The summed E-state index contributed by atoms with van der Waals surface area (Å²) in [5, 5.41) is 5.67. The highest BCUT2D eigenvalue weighted by atomic mass is 16.2. The maximum absolute atomic E-state index is 12.6. The topological polar surface area (TPSA) is 83.4 Å². The third kappa shape index (κ3) is 5.88. The van der Waals surface area contributed by atoms with E-state index < -0.39 is 0 Å². The van der Waals surface area contributed by atoms with Crippen molar-refractivity contribution < 1.29 is 9.59 Å². The van der Waals surface area contributed by atoms with Crippen LogP contribution in [0.5, 0.6) is 0 Å². The first kappa shape index (κ1) is 22.3. The molecule has 1 saturated heterocycles. The Labute approximate surface area is 193 Å². The number of nitrogens with one attached hydrogen (secondary N) is 2. The second-order valence-corrected chi connectivity index (χ2v) is 8.35. The monoisotopic (exact) mass is 444 g/mol. The van der Waals surface area contributed by atoms with E-state index in [0.29, 0.717) is 11.3 Å². The summed E-state index contributed by atoms with van der Waals surface area (Å²) in [6, 6.07) is 17.7. The van der Waals surface area contributed by atoms with Crippen LogP contribution in [0.3, 0.4) is 0 Å². The van der Waals surface area contributed by atoms with Gasteiger partial charge in [0.15, 0.2) is 0 Å². The predicted octanol–water partition coefficient (Wildman–Crippen LogP) is 4.04. The third-order valence-electron chi connectivity index (χ3n) is 5.72. The van der Waals surface area contributed by atoms with E-state index in [9.17, 15) is 14.4 Å². The van der Waals surface area contributed by atoms with Gasteiger partial charge in [0.1, 0.15) is 6.54 Å². The van der Waals surface area contributed by atoms with Crippen LogP contribution in [0, 0.1) is 6.92 Å². The number of benzene rings is 2. The molecule has 1 aliphatic heterocycles. The van der Waals surface area contributed by atoms with Gasteiger partial charge in [0, 0.05) is 48.0 Å². The lowest BCUT2D eigenvalue weighted by Gasteiger charge is -2.28.